The summed E-state index contributed by atoms with van der Waals surface area (Å²) in [6.45, 7) is 6.10. The van der Waals surface area contributed by atoms with Crippen molar-refractivity contribution in [1.29, 1.82) is 5.26 Å². The number of carbonyl (C=O) groups is 1. The van der Waals surface area contributed by atoms with Crippen LogP contribution in [0.1, 0.15) is 31.9 Å². The molecule has 0 saturated carbocycles. The molecule has 0 aliphatic carbocycles. The first kappa shape index (κ1) is 21.7. The number of amides is 1. The first-order valence-electron chi connectivity index (χ1n) is 10.6. The molecule has 4 rings (SSSR count). The summed E-state index contributed by atoms with van der Waals surface area (Å²) in [6.07, 6.45) is 3.86. The van der Waals surface area contributed by atoms with Crippen molar-refractivity contribution in [2.75, 3.05) is 31.1 Å². The minimum atomic E-state index is -0.969. The zero-order valence-corrected chi connectivity index (χ0v) is 18.0. The van der Waals surface area contributed by atoms with Gasteiger partial charge in [-0.3, -0.25) is 4.79 Å². The van der Waals surface area contributed by atoms with Gasteiger partial charge in [0.2, 0.25) is 5.91 Å². The van der Waals surface area contributed by atoms with Gasteiger partial charge in [-0.2, -0.15) is 5.26 Å². The van der Waals surface area contributed by atoms with Gasteiger partial charge in [0, 0.05) is 44.5 Å². The molecule has 1 aliphatic rings. The third-order valence-electron chi connectivity index (χ3n) is 5.82. The van der Waals surface area contributed by atoms with Crippen molar-refractivity contribution in [3.8, 4) is 6.07 Å². The average Bonchev–Trinajstić information content (AvgIpc) is 3.00. The molecule has 7 nitrogen and oxygen atoms in total. The summed E-state index contributed by atoms with van der Waals surface area (Å²) >= 11 is 0. The summed E-state index contributed by atoms with van der Waals surface area (Å²) in [5.74, 6) is -1.49. The second-order valence-electron chi connectivity index (χ2n) is 8.25. The second-order valence-corrected chi connectivity index (χ2v) is 8.25. The lowest BCUT2D eigenvalue weighted by Gasteiger charge is -2.29. The number of aromatic nitrogens is 3. The van der Waals surface area contributed by atoms with Crippen LogP contribution in [-0.2, 0) is 4.79 Å². The fourth-order valence-corrected chi connectivity index (χ4v) is 4.24. The molecule has 1 unspecified atom stereocenters. The Labute approximate surface area is 184 Å². The predicted molar refractivity (Wildman–Crippen MR) is 116 cm³/mol. The van der Waals surface area contributed by atoms with Gasteiger partial charge in [-0.05, 0) is 24.5 Å². The van der Waals surface area contributed by atoms with Crippen LogP contribution in [0, 0.1) is 28.9 Å². The number of benzene rings is 1. The maximum absolute atomic E-state index is 13.9. The van der Waals surface area contributed by atoms with Gasteiger partial charge in [0.05, 0.1) is 22.9 Å². The van der Waals surface area contributed by atoms with Crippen molar-refractivity contribution < 1.29 is 13.6 Å². The quantitative estimate of drug-likeness (QED) is 0.623. The van der Waals surface area contributed by atoms with E-state index in [9.17, 15) is 18.8 Å². The normalized spacial score (nSPS) is 15.6. The first-order chi connectivity index (χ1) is 15.4. The number of imidazole rings is 1. The van der Waals surface area contributed by atoms with E-state index in [2.05, 4.69) is 16.0 Å². The zero-order valence-electron chi connectivity index (χ0n) is 18.0. The van der Waals surface area contributed by atoms with Crippen molar-refractivity contribution in [2.24, 2.45) is 5.92 Å². The van der Waals surface area contributed by atoms with E-state index < -0.39 is 17.7 Å². The average molecular weight is 438 g/mol. The summed E-state index contributed by atoms with van der Waals surface area (Å²) in [5, 5.41) is 9.38. The molecule has 166 valence electrons. The van der Waals surface area contributed by atoms with E-state index in [0.717, 1.165) is 18.6 Å². The van der Waals surface area contributed by atoms with Crippen LogP contribution >= 0.6 is 0 Å². The number of hydrogen-bond donors (Lipinski definition) is 0. The van der Waals surface area contributed by atoms with Crippen LogP contribution in [0.5, 0.6) is 0 Å². The molecule has 0 radical (unpaired) electrons. The Morgan fingerprint density at radius 2 is 1.91 bits per heavy atom. The highest BCUT2D eigenvalue weighted by molar-refractivity contribution is 5.84. The van der Waals surface area contributed by atoms with E-state index in [1.807, 2.05) is 18.7 Å². The number of rotatable bonds is 4. The number of anilines is 1. The largest absolute Gasteiger partial charge is 0.354 e. The van der Waals surface area contributed by atoms with Crippen LogP contribution in [0.4, 0.5) is 14.6 Å². The van der Waals surface area contributed by atoms with Gasteiger partial charge in [0.25, 0.3) is 0 Å². The maximum Gasteiger partial charge on any atom is 0.246 e. The van der Waals surface area contributed by atoms with Crippen molar-refractivity contribution in [3.63, 3.8) is 0 Å². The van der Waals surface area contributed by atoms with Gasteiger partial charge in [0.15, 0.2) is 11.6 Å². The minimum absolute atomic E-state index is 0.0895. The standard InChI is InChI=1S/C23H24F2N6O/c1-15(2)21(31-14-28-19-11-17(24)18(25)12-20(19)31)23(32)30-8-4-7-29(9-10-30)22-16(13-26)5-3-6-27-22/h3,5-6,11-12,14-15,21H,4,7-10H2,1-2H3. The molecule has 0 N–H and O–H groups in total. The van der Waals surface area contributed by atoms with Gasteiger partial charge in [-0.1, -0.05) is 13.8 Å². The number of carbonyl (C=O) groups excluding carboxylic acids is 1. The molecule has 2 aromatic heterocycles. The van der Waals surface area contributed by atoms with Crippen molar-refractivity contribution in [1.82, 2.24) is 19.4 Å². The van der Waals surface area contributed by atoms with E-state index >= 15 is 0 Å². The Morgan fingerprint density at radius 1 is 1.12 bits per heavy atom. The van der Waals surface area contributed by atoms with Crippen LogP contribution in [-0.4, -0.2) is 51.5 Å². The second kappa shape index (κ2) is 8.91. The topological polar surface area (TPSA) is 78.0 Å². The summed E-state index contributed by atoms with van der Waals surface area (Å²) in [5.41, 5.74) is 1.20. The van der Waals surface area contributed by atoms with Crippen LogP contribution in [0.3, 0.4) is 0 Å². The van der Waals surface area contributed by atoms with E-state index in [0.29, 0.717) is 48.6 Å². The summed E-state index contributed by atoms with van der Waals surface area (Å²) < 4.78 is 29.2. The number of hydrogen-bond acceptors (Lipinski definition) is 5. The van der Waals surface area contributed by atoms with E-state index in [4.69, 9.17) is 0 Å². The van der Waals surface area contributed by atoms with Gasteiger partial charge in [0.1, 0.15) is 17.9 Å². The predicted octanol–water partition coefficient (Wildman–Crippen LogP) is 3.52. The lowest BCUT2D eigenvalue weighted by atomic mass is 10.0. The Bertz CT molecular complexity index is 1180. The summed E-state index contributed by atoms with van der Waals surface area (Å²) in [7, 11) is 0. The molecule has 3 aromatic rings. The maximum atomic E-state index is 13.9. The zero-order chi connectivity index (χ0) is 22.8. The molecule has 1 fully saturated rings. The highest BCUT2D eigenvalue weighted by Crippen LogP contribution is 2.28. The first-order valence-corrected chi connectivity index (χ1v) is 10.6. The van der Waals surface area contributed by atoms with E-state index in [-0.39, 0.29) is 11.8 Å². The van der Waals surface area contributed by atoms with Crippen LogP contribution in [0.15, 0.2) is 36.8 Å². The van der Waals surface area contributed by atoms with Gasteiger partial charge in [-0.25, -0.2) is 18.7 Å². The molecule has 0 bridgehead atoms. The number of nitriles is 1. The number of fused-ring (bicyclic) bond motifs is 1. The molecule has 1 saturated heterocycles. The fourth-order valence-electron chi connectivity index (χ4n) is 4.24. The molecule has 1 amide bonds. The Kier molecular flexibility index (Phi) is 6.04. The van der Waals surface area contributed by atoms with Gasteiger partial charge in [-0.15, -0.1) is 0 Å². The lowest BCUT2D eigenvalue weighted by molar-refractivity contribution is -0.135. The lowest BCUT2D eigenvalue weighted by Crippen LogP contribution is -2.41. The highest BCUT2D eigenvalue weighted by Gasteiger charge is 2.31. The molecule has 0 spiro atoms. The molecule has 1 aliphatic heterocycles. The van der Waals surface area contributed by atoms with Crippen LogP contribution in [0.25, 0.3) is 11.0 Å². The number of pyridine rings is 1. The molecule has 1 atom stereocenters. The van der Waals surface area contributed by atoms with Crippen LogP contribution in [0.2, 0.25) is 0 Å². The van der Waals surface area contributed by atoms with Crippen molar-refractivity contribution in [3.05, 3.63) is 54.0 Å². The smallest absolute Gasteiger partial charge is 0.246 e. The minimum Gasteiger partial charge on any atom is -0.354 e. The monoisotopic (exact) mass is 438 g/mol. The Balaban J connectivity index is 1.58. The SMILES string of the molecule is CC(C)C(C(=O)N1CCCN(c2ncccc2C#N)CC1)n1cnc2cc(F)c(F)cc21. The third-order valence-corrected chi connectivity index (χ3v) is 5.82. The van der Waals surface area contributed by atoms with Crippen molar-refractivity contribution in [2.45, 2.75) is 26.3 Å². The van der Waals surface area contributed by atoms with Gasteiger partial charge < -0.3 is 14.4 Å². The van der Waals surface area contributed by atoms with E-state index in [1.165, 1.54) is 6.33 Å². The Morgan fingerprint density at radius 3 is 2.66 bits per heavy atom. The molecule has 32 heavy (non-hydrogen) atoms. The molecular weight excluding hydrogens is 414 g/mol. The molecule has 1 aromatic carbocycles. The summed E-state index contributed by atoms with van der Waals surface area (Å²) in [6, 6.07) is 7.18. The Hall–Kier alpha value is -3.54. The van der Waals surface area contributed by atoms with Crippen molar-refractivity contribution >= 4 is 22.8 Å². The third kappa shape index (κ3) is 4.00. The molecule has 9 heteroatoms. The van der Waals surface area contributed by atoms with E-state index in [1.54, 1.807) is 27.8 Å². The summed E-state index contributed by atoms with van der Waals surface area (Å²) in [4.78, 5) is 25.9. The van der Waals surface area contributed by atoms with Crippen LogP contribution < -0.4 is 4.90 Å². The fraction of sp³-hybridized carbons (Fsp3) is 0.391. The molecule has 3 heterocycles. The highest BCUT2D eigenvalue weighted by atomic mass is 19.2. The van der Waals surface area contributed by atoms with Gasteiger partial charge >= 0.3 is 0 Å². The molecular formula is C23H24F2N6O. The number of nitrogens with zero attached hydrogens (tertiary/aromatic N) is 6. The number of halogens is 2.